The third kappa shape index (κ3) is 6.32. The minimum Gasteiger partial charge on any atom is -0.490 e. The molecule has 0 aromatic heterocycles. The number of hydrazone groups is 1. The summed E-state index contributed by atoms with van der Waals surface area (Å²) in [5, 5.41) is 5.77. The third-order valence-electron chi connectivity index (χ3n) is 5.64. The molecule has 0 aliphatic heterocycles. The third-order valence-corrected chi connectivity index (χ3v) is 5.64. The molecule has 4 aromatic rings. The van der Waals surface area contributed by atoms with Gasteiger partial charge in [-0.25, -0.2) is 10.2 Å². The van der Waals surface area contributed by atoms with Crippen LogP contribution < -0.4 is 19.6 Å². The molecule has 7 nitrogen and oxygen atoms in total. The number of hydrogen-bond donors (Lipinski definition) is 1. The number of benzene rings is 4. The van der Waals surface area contributed by atoms with E-state index in [9.17, 15) is 9.59 Å². The van der Waals surface area contributed by atoms with E-state index >= 15 is 0 Å². The molecule has 188 valence electrons. The van der Waals surface area contributed by atoms with Gasteiger partial charge in [-0.2, -0.15) is 5.10 Å². The van der Waals surface area contributed by atoms with Gasteiger partial charge in [-0.3, -0.25) is 4.79 Å². The number of carbonyl (C=O) groups is 2. The molecule has 7 heteroatoms. The van der Waals surface area contributed by atoms with Crippen molar-refractivity contribution in [3.63, 3.8) is 0 Å². The fourth-order valence-electron chi connectivity index (χ4n) is 3.89. The first-order valence-electron chi connectivity index (χ1n) is 11.9. The maximum atomic E-state index is 13.0. The van der Waals surface area contributed by atoms with Gasteiger partial charge in [0, 0.05) is 0 Å². The molecule has 0 fully saturated rings. The van der Waals surface area contributed by atoms with E-state index in [1.807, 2.05) is 75.4 Å². The molecule has 0 saturated carbocycles. The first-order chi connectivity index (χ1) is 18.0. The minimum absolute atomic E-state index is 0.156. The number of fused-ring (bicyclic) bond motifs is 1. The Labute approximate surface area is 215 Å². The quantitative estimate of drug-likeness (QED) is 0.141. The molecule has 0 saturated heterocycles. The lowest BCUT2D eigenvalue weighted by Gasteiger charge is -2.12. The molecule has 4 aromatic carbocycles. The van der Waals surface area contributed by atoms with E-state index in [1.54, 1.807) is 24.3 Å². The van der Waals surface area contributed by atoms with Crippen LogP contribution in [0.5, 0.6) is 17.2 Å². The Hall–Kier alpha value is -4.65. The lowest BCUT2D eigenvalue weighted by atomic mass is 10.0. The molecule has 0 aliphatic rings. The van der Waals surface area contributed by atoms with Crippen molar-refractivity contribution in [2.45, 2.75) is 20.8 Å². The smallest absolute Gasteiger partial charge is 0.344 e. The van der Waals surface area contributed by atoms with Crippen molar-refractivity contribution in [2.75, 3.05) is 13.2 Å². The number of nitrogens with zero attached hydrogens (tertiary/aromatic N) is 1. The lowest BCUT2D eigenvalue weighted by Crippen LogP contribution is -2.25. The summed E-state index contributed by atoms with van der Waals surface area (Å²) in [5.74, 6) is 0.518. The van der Waals surface area contributed by atoms with E-state index in [0.717, 1.165) is 21.9 Å². The highest BCUT2D eigenvalue weighted by atomic mass is 16.6. The molecule has 0 aliphatic carbocycles. The summed E-state index contributed by atoms with van der Waals surface area (Å²) in [4.78, 5) is 25.1. The number of rotatable bonds is 9. The average Bonchev–Trinajstić information content (AvgIpc) is 2.89. The van der Waals surface area contributed by atoms with Gasteiger partial charge in [0.25, 0.3) is 5.91 Å². The second kappa shape index (κ2) is 11.9. The summed E-state index contributed by atoms with van der Waals surface area (Å²) < 4.78 is 17.0. The zero-order valence-electron chi connectivity index (χ0n) is 21.0. The highest BCUT2D eigenvalue weighted by molar-refractivity contribution is 6.05. The van der Waals surface area contributed by atoms with Crippen LogP contribution in [0.25, 0.3) is 10.8 Å². The van der Waals surface area contributed by atoms with Crippen molar-refractivity contribution >= 4 is 28.9 Å². The maximum Gasteiger partial charge on any atom is 0.344 e. The summed E-state index contributed by atoms with van der Waals surface area (Å²) in [6.45, 7) is 5.92. The molecule has 1 amide bonds. The Balaban J connectivity index is 1.41. The number of esters is 1. The van der Waals surface area contributed by atoms with Gasteiger partial charge in [0.1, 0.15) is 5.75 Å². The van der Waals surface area contributed by atoms with Gasteiger partial charge in [0.05, 0.1) is 18.4 Å². The number of amides is 1. The van der Waals surface area contributed by atoms with Crippen LogP contribution >= 0.6 is 0 Å². The van der Waals surface area contributed by atoms with Crippen molar-refractivity contribution < 1.29 is 23.8 Å². The second-order valence-electron chi connectivity index (χ2n) is 8.36. The second-order valence-corrected chi connectivity index (χ2v) is 8.36. The molecular formula is C30H28N2O5. The number of carbonyl (C=O) groups excluding carboxylic acids is 2. The topological polar surface area (TPSA) is 86.2 Å². The largest absolute Gasteiger partial charge is 0.490 e. The van der Waals surface area contributed by atoms with Crippen molar-refractivity contribution in [1.82, 2.24) is 5.43 Å². The molecular weight excluding hydrogens is 468 g/mol. The number of aryl methyl sites for hydroxylation is 2. The SMILES string of the molecule is CCOc1cc(/C=N/NC(=O)COc2c(C)cccc2C)ccc1OC(=O)c1cccc2ccccc12. The summed E-state index contributed by atoms with van der Waals surface area (Å²) >= 11 is 0. The predicted octanol–water partition coefficient (Wildman–Crippen LogP) is 5.60. The molecule has 4 rings (SSSR count). The summed E-state index contributed by atoms with van der Waals surface area (Å²) in [5.41, 5.74) is 5.50. The van der Waals surface area contributed by atoms with Crippen LogP contribution in [0, 0.1) is 13.8 Å². The van der Waals surface area contributed by atoms with E-state index < -0.39 is 5.97 Å². The van der Waals surface area contributed by atoms with Crippen LogP contribution in [0.3, 0.4) is 0 Å². The highest BCUT2D eigenvalue weighted by Crippen LogP contribution is 2.30. The Morgan fingerprint density at radius 3 is 2.38 bits per heavy atom. The molecule has 37 heavy (non-hydrogen) atoms. The van der Waals surface area contributed by atoms with Crippen LogP contribution in [0.15, 0.2) is 84.0 Å². The van der Waals surface area contributed by atoms with Crippen molar-refractivity contribution in [1.29, 1.82) is 0 Å². The number of para-hydroxylation sites is 1. The Morgan fingerprint density at radius 2 is 1.59 bits per heavy atom. The van der Waals surface area contributed by atoms with Gasteiger partial charge in [-0.05, 0) is 72.5 Å². The molecule has 0 radical (unpaired) electrons. The van der Waals surface area contributed by atoms with Crippen molar-refractivity contribution in [3.8, 4) is 17.2 Å². The van der Waals surface area contributed by atoms with E-state index in [1.165, 1.54) is 6.21 Å². The van der Waals surface area contributed by atoms with Crippen molar-refractivity contribution in [2.24, 2.45) is 5.10 Å². The predicted molar refractivity (Wildman–Crippen MR) is 144 cm³/mol. The minimum atomic E-state index is -0.477. The summed E-state index contributed by atoms with van der Waals surface area (Å²) in [7, 11) is 0. The van der Waals surface area contributed by atoms with Crippen LogP contribution in [-0.4, -0.2) is 31.3 Å². The number of hydrogen-bond acceptors (Lipinski definition) is 6. The average molecular weight is 497 g/mol. The number of nitrogens with one attached hydrogen (secondary N) is 1. The Morgan fingerprint density at radius 1 is 0.865 bits per heavy atom. The Bertz CT molecular complexity index is 1440. The van der Waals surface area contributed by atoms with E-state index in [-0.39, 0.29) is 12.5 Å². The van der Waals surface area contributed by atoms with Gasteiger partial charge >= 0.3 is 5.97 Å². The molecule has 0 heterocycles. The molecule has 0 atom stereocenters. The molecule has 0 spiro atoms. The van der Waals surface area contributed by atoms with Gasteiger partial charge in [0.15, 0.2) is 18.1 Å². The summed E-state index contributed by atoms with van der Waals surface area (Å²) in [6.07, 6.45) is 1.48. The molecule has 1 N–H and O–H groups in total. The highest BCUT2D eigenvalue weighted by Gasteiger charge is 2.15. The van der Waals surface area contributed by atoms with E-state index in [4.69, 9.17) is 14.2 Å². The Kier molecular flexibility index (Phi) is 8.15. The van der Waals surface area contributed by atoms with Crippen LogP contribution in [0.4, 0.5) is 0 Å². The lowest BCUT2D eigenvalue weighted by molar-refractivity contribution is -0.123. The van der Waals surface area contributed by atoms with Gasteiger partial charge < -0.3 is 14.2 Å². The number of ether oxygens (including phenoxy) is 3. The fraction of sp³-hybridized carbons (Fsp3) is 0.167. The normalized spacial score (nSPS) is 10.9. The standard InChI is InChI=1S/C30H28N2O5/c1-4-35-27-17-22(18-31-32-28(33)19-36-29-20(2)9-7-10-21(29)3)15-16-26(27)37-30(34)25-14-8-12-23-11-5-6-13-24(23)25/h5-18H,4,19H2,1-3H3,(H,32,33)/b31-18+. The fourth-order valence-corrected chi connectivity index (χ4v) is 3.89. The molecule has 0 bridgehead atoms. The summed E-state index contributed by atoms with van der Waals surface area (Å²) in [6, 6.07) is 24.0. The first kappa shape index (κ1) is 25.4. The maximum absolute atomic E-state index is 13.0. The van der Waals surface area contributed by atoms with Crippen LogP contribution in [-0.2, 0) is 4.79 Å². The van der Waals surface area contributed by atoms with E-state index in [0.29, 0.717) is 35.0 Å². The van der Waals surface area contributed by atoms with Gasteiger partial charge in [-0.15, -0.1) is 0 Å². The molecule has 0 unspecified atom stereocenters. The van der Waals surface area contributed by atoms with Crippen molar-refractivity contribution in [3.05, 3.63) is 101 Å². The zero-order valence-corrected chi connectivity index (χ0v) is 21.0. The van der Waals surface area contributed by atoms with Crippen LogP contribution in [0.2, 0.25) is 0 Å². The monoisotopic (exact) mass is 496 g/mol. The van der Waals surface area contributed by atoms with Crippen LogP contribution in [0.1, 0.15) is 34.0 Å². The van der Waals surface area contributed by atoms with Gasteiger partial charge in [-0.1, -0.05) is 54.6 Å². The van der Waals surface area contributed by atoms with E-state index in [2.05, 4.69) is 10.5 Å². The first-order valence-corrected chi connectivity index (χ1v) is 11.9. The zero-order chi connectivity index (χ0) is 26.2. The van der Waals surface area contributed by atoms with Gasteiger partial charge in [0.2, 0.25) is 0 Å².